The molecule has 0 bridgehead atoms. The minimum atomic E-state index is -1.26. The van der Waals surface area contributed by atoms with Gasteiger partial charge in [-0.15, -0.1) is 0 Å². The number of nitrogens with one attached hydrogen (secondary N) is 1. The van der Waals surface area contributed by atoms with Gasteiger partial charge in [0, 0.05) is 11.5 Å². The van der Waals surface area contributed by atoms with Gasteiger partial charge in [-0.3, -0.25) is 4.79 Å². The van der Waals surface area contributed by atoms with Crippen LogP contribution in [0, 0.1) is 17.7 Å². The Hall–Kier alpha value is -3.13. The summed E-state index contributed by atoms with van der Waals surface area (Å²) in [6.45, 7) is 0. The average molecular weight is 283 g/mol. The maximum Gasteiger partial charge on any atom is 0.337 e. The Kier molecular flexibility index (Phi) is 4.32. The number of carboxylic acids is 1. The summed E-state index contributed by atoms with van der Waals surface area (Å²) >= 11 is 0. The summed E-state index contributed by atoms with van der Waals surface area (Å²) < 4.78 is 13.1. The van der Waals surface area contributed by atoms with Crippen LogP contribution in [-0.2, 0) is 4.79 Å². The van der Waals surface area contributed by atoms with Crippen LogP contribution >= 0.6 is 0 Å². The number of hydrogen-bond acceptors (Lipinski definition) is 2. The highest BCUT2D eigenvalue weighted by Gasteiger charge is 2.12. The van der Waals surface area contributed by atoms with E-state index in [4.69, 9.17) is 5.11 Å². The summed E-state index contributed by atoms with van der Waals surface area (Å²) in [6.07, 6.45) is 0. The third-order valence-electron chi connectivity index (χ3n) is 2.55. The van der Waals surface area contributed by atoms with Crippen molar-refractivity contribution in [3.8, 4) is 11.8 Å². The number of aromatic carboxylic acids is 1. The Morgan fingerprint density at radius 1 is 1.10 bits per heavy atom. The fourth-order valence-corrected chi connectivity index (χ4v) is 1.61. The van der Waals surface area contributed by atoms with E-state index in [9.17, 15) is 14.0 Å². The van der Waals surface area contributed by atoms with Gasteiger partial charge in [-0.1, -0.05) is 24.1 Å². The van der Waals surface area contributed by atoms with Gasteiger partial charge >= 0.3 is 11.9 Å². The molecule has 5 heteroatoms. The average Bonchev–Trinajstić information content (AvgIpc) is 2.46. The molecule has 0 aliphatic heterocycles. The molecule has 2 aromatic rings. The van der Waals surface area contributed by atoms with Crippen LogP contribution in [-0.4, -0.2) is 17.0 Å². The van der Waals surface area contributed by atoms with Crippen LogP contribution < -0.4 is 5.32 Å². The van der Waals surface area contributed by atoms with Gasteiger partial charge in [0.25, 0.3) is 0 Å². The Morgan fingerprint density at radius 2 is 1.81 bits per heavy atom. The minimum absolute atomic E-state index is 0.130. The number of carbonyl (C=O) groups is 2. The second-order valence-corrected chi connectivity index (χ2v) is 4.07. The maximum absolute atomic E-state index is 13.1. The van der Waals surface area contributed by atoms with Crippen molar-refractivity contribution in [1.29, 1.82) is 0 Å². The first-order valence-electron chi connectivity index (χ1n) is 5.97. The number of carbonyl (C=O) groups excluding carboxylic acids is 1. The molecule has 0 atom stereocenters. The van der Waals surface area contributed by atoms with Gasteiger partial charge in [0.2, 0.25) is 0 Å². The molecule has 4 nitrogen and oxygen atoms in total. The second kappa shape index (κ2) is 6.35. The molecule has 2 N–H and O–H groups in total. The predicted octanol–water partition coefficient (Wildman–Crippen LogP) is 2.51. The number of rotatable bonds is 2. The zero-order chi connectivity index (χ0) is 15.2. The minimum Gasteiger partial charge on any atom is -0.478 e. The van der Waals surface area contributed by atoms with Crippen molar-refractivity contribution >= 4 is 17.6 Å². The van der Waals surface area contributed by atoms with E-state index in [1.54, 1.807) is 24.3 Å². The first-order chi connectivity index (χ1) is 10.1. The highest BCUT2D eigenvalue weighted by molar-refractivity contribution is 6.07. The maximum atomic E-state index is 13.1. The smallest absolute Gasteiger partial charge is 0.337 e. The standard InChI is InChI=1S/C16H10FNO3/c17-12-7-8-13(16(20)21)14(10-12)18-15(19)9-6-11-4-2-1-3-5-11/h1-5,7-8,10H,(H,18,19)(H,20,21). The SMILES string of the molecule is O=C(C#Cc1ccccc1)Nc1cc(F)ccc1C(=O)O. The Balaban J connectivity index is 2.19. The molecule has 2 rings (SSSR count). The molecular weight excluding hydrogens is 273 g/mol. The van der Waals surface area contributed by atoms with Crippen molar-refractivity contribution in [3.63, 3.8) is 0 Å². The summed E-state index contributed by atoms with van der Waals surface area (Å²) in [7, 11) is 0. The van der Waals surface area contributed by atoms with Crippen LogP contribution in [0.3, 0.4) is 0 Å². The molecular formula is C16H10FNO3. The van der Waals surface area contributed by atoms with Crippen molar-refractivity contribution in [2.45, 2.75) is 0 Å². The van der Waals surface area contributed by atoms with E-state index in [1.165, 1.54) is 0 Å². The first-order valence-corrected chi connectivity index (χ1v) is 5.97. The lowest BCUT2D eigenvalue weighted by molar-refractivity contribution is -0.111. The predicted molar refractivity (Wildman–Crippen MR) is 75.3 cm³/mol. The molecule has 104 valence electrons. The van der Waals surface area contributed by atoms with Crippen molar-refractivity contribution in [2.75, 3.05) is 5.32 Å². The van der Waals surface area contributed by atoms with E-state index in [0.29, 0.717) is 5.56 Å². The molecule has 0 aliphatic rings. The largest absolute Gasteiger partial charge is 0.478 e. The van der Waals surface area contributed by atoms with Gasteiger partial charge in [0.15, 0.2) is 0 Å². The number of amides is 1. The van der Waals surface area contributed by atoms with E-state index >= 15 is 0 Å². The lowest BCUT2D eigenvalue weighted by atomic mass is 10.1. The monoisotopic (exact) mass is 283 g/mol. The zero-order valence-electron chi connectivity index (χ0n) is 10.8. The van der Waals surface area contributed by atoms with Gasteiger partial charge in [0.1, 0.15) is 5.82 Å². The van der Waals surface area contributed by atoms with Crippen LogP contribution in [0.15, 0.2) is 48.5 Å². The Morgan fingerprint density at radius 3 is 2.48 bits per heavy atom. The summed E-state index contributed by atoms with van der Waals surface area (Å²) in [5, 5.41) is 11.2. The van der Waals surface area contributed by atoms with E-state index in [2.05, 4.69) is 17.2 Å². The Bertz CT molecular complexity index is 745. The second-order valence-electron chi connectivity index (χ2n) is 4.07. The molecule has 21 heavy (non-hydrogen) atoms. The normalized spacial score (nSPS) is 9.38. The summed E-state index contributed by atoms with van der Waals surface area (Å²) in [6, 6.07) is 11.8. The lowest BCUT2D eigenvalue weighted by Gasteiger charge is -2.05. The van der Waals surface area contributed by atoms with Crippen LogP contribution in [0.4, 0.5) is 10.1 Å². The number of benzene rings is 2. The number of hydrogen-bond donors (Lipinski definition) is 2. The molecule has 0 fully saturated rings. The third kappa shape index (κ3) is 3.91. The van der Waals surface area contributed by atoms with Gasteiger partial charge in [0.05, 0.1) is 11.3 Å². The summed E-state index contributed by atoms with van der Waals surface area (Å²) in [5.74, 6) is 2.32. The van der Waals surface area contributed by atoms with Crippen LogP contribution in [0.5, 0.6) is 0 Å². The van der Waals surface area contributed by atoms with E-state index < -0.39 is 17.7 Å². The first kappa shape index (κ1) is 14.3. The Labute approximate surface area is 120 Å². The third-order valence-corrected chi connectivity index (χ3v) is 2.55. The number of anilines is 1. The molecule has 0 aromatic heterocycles. The molecule has 0 spiro atoms. The van der Waals surface area contributed by atoms with E-state index in [-0.39, 0.29) is 11.3 Å². The molecule has 0 saturated heterocycles. The fraction of sp³-hybridized carbons (Fsp3) is 0. The zero-order valence-corrected chi connectivity index (χ0v) is 10.8. The van der Waals surface area contributed by atoms with Crippen LogP contribution in [0.1, 0.15) is 15.9 Å². The van der Waals surface area contributed by atoms with Crippen molar-refractivity contribution < 1.29 is 19.1 Å². The van der Waals surface area contributed by atoms with Crippen LogP contribution in [0.2, 0.25) is 0 Å². The van der Waals surface area contributed by atoms with Crippen molar-refractivity contribution in [1.82, 2.24) is 0 Å². The molecule has 0 saturated carbocycles. The molecule has 2 aromatic carbocycles. The summed E-state index contributed by atoms with van der Waals surface area (Å²) in [4.78, 5) is 22.7. The quantitative estimate of drug-likeness (QED) is 0.832. The highest BCUT2D eigenvalue weighted by atomic mass is 19.1. The van der Waals surface area contributed by atoms with Crippen molar-refractivity contribution in [2.24, 2.45) is 0 Å². The van der Waals surface area contributed by atoms with Gasteiger partial charge in [-0.2, -0.15) is 0 Å². The lowest BCUT2D eigenvalue weighted by Crippen LogP contribution is -2.12. The van der Waals surface area contributed by atoms with Gasteiger partial charge < -0.3 is 10.4 Å². The van der Waals surface area contributed by atoms with E-state index in [1.807, 2.05) is 6.07 Å². The van der Waals surface area contributed by atoms with Gasteiger partial charge in [-0.25, -0.2) is 9.18 Å². The van der Waals surface area contributed by atoms with Crippen LogP contribution in [0.25, 0.3) is 0 Å². The fourth-order valence-electron chi connectivity index (χ4n) is 1.61. The molecule has 0 aliphatic carbocycles. The highest BCUT2D eigenvalue weighted by Crippen LogP contribution is 2.17. The molecule has 1 amide bonds. The molecule has 0 heterocycles. The number of halogens is 1. The topological polar surface area (TPSA) is 66.4 Å². The molecule has 0 radical (unpaired) electrons. The van der Waals surface area contributed by atoms with E-state index in [0.717, 1.165) is 18.2 Å². The van der Waals surface area contributed by atoms with Crippen molar-refractivity contribution in [3.05, 3.63) is 65.5 Å². The molecule has 0 unspecified atom stereocenters. The number of carboxylic acid groups (broad SMARTS) is 1. The summed E-state index contributed by atoms with van der Waals surface area (Å²) in [5.41, 5.74) is 0.312. The van der Waals surface area contributed by atoms with Gasteiger partial charge in [-0.05, 0) is 30.3 Å².